The molecule has 0 saturated heterocycles. The third-order valence-corrected chi connectivity index (χ3v) is 6.04. The summed E-state index contributed by atoms with van der Waals surface area (Å²) in [5, 5.41) is 20.8. The molecule has 0 aromatic heterocycles. The van der Waals surface area contributed by atoms with Gasteiger partial charge in [-0.05, 0) is 43.9 Å². The van der Waals surface area contributed by atoms with E-state index in [4.69, 9.17) is 4.74 Å². The Hall–Kier alpha value is -1.61. The van der Waals surface area contributed by atoms with Gasteiger partial charge in [-0.1, -0.05) is 30.7 Å². The number of ether oxygens (including phenoxy) is 1. The zero-order chi connectivity index (χ0) is 20.7. The summed E-state index contributed by atoms with van der Waals surface area (Å²) < 4.78 is 5.45. The van der Waals surface area contributed by atoms with Crippen LogP contribution in [0.5, 0.6) is 0 Å². The third kappa shape index (κ3) is 6.20. The molecule has 0 radical (unpaired) electrons. The van der Waals surface area contributed by atoms with Crippen molar-refractivity contribution in [2.75, 3.05) is 27.3 Å². The summed E-state index contributed by atoms with van der Waals surface area (Å²) in [6.07, 6.45) is 8.51. The summed E-state index contributed by atoms with van der Waals surface area (Å²) in [5.74, 6) is 6.91. The number of nitrogens with zero attached hydrogens (tertiary/aromatic N) is 1. The molecule has 2 fully saturated rings. The van der Waals surface area contributed by atoms with E-state index in [1.165, 1.54) is 10.5 Å². The van der Waals surface area contributed by atoms with Crippen molar-refractivity contribution in [3.63, 3.8) is 0 Å². The number of hydrogen-bond acceptors (Lipinski definition) is 4. The molecule has 0 aromatic carbocycles. The second-order valence-corrected chi connectivity index (χ2v) is 8.36. The molecule has 156 valence electrons. The van der Waals surface area contributed by atoms with Crippen LogP contribution in [0.1, 0.15) is 39.5 Å². The van der Waals surface area contributed by atoms with Crippen LogP contribution in [0.25, 0.3) is 0 Å². The molecular weight excluding hydrogens is 354 g/mol. The second kappa shape index (κ2) is 10.8. The molecule has 0 aromatic rings. The predicted octanol–water partition coefficient (Wildman–Crippen LogP) is 2.39. The molecule has 28 heavy (non-hydrogen) atoms. The van der Waals surface area contributed by atoms with Crippen molar-refractivity contribution in [1.82, 2.24) is 4.90 Å². The maximum atomic E-state index is 11.5. The van der Waals surface area contributed by atoms with Crippen LogP contribution >= 0.6 is 0 Å². The number of aliphatic hydroxyl groups is 2. The first-order chi connectivity index (χ1) is 13.3. The molecule has 0 aliphatic heterocycles. The number of rotatable bonds is 8. The highest BCUT2D eigenvalue weighted by Gasteiger charge is 2.45. The SMILES string of the molecule is CC#CC[C@@H](C)[C@H](O)C=C[C@@H]1[C@H]2CC(=CCOCC(=O)N(C)C)C[C@H]2C[C@H]1O. The molecule has 2 saturated carbocycles. The number of carbonyl (C=O) groups is 1. The summed E-state index contributed by atoms with van der Waals surface area (Å²) in [7, 11) is 3.44. The van der Waals surface area contributed by atoms with Gasteiger partial charge in [0.25, 0.3) is 0 Å². The first kappa shape index (κ1) is 22.7. The van der Waals surface area contributed by atoms with E-state index in [2.05, 4.69) is 17.9 Å². The van der Waals surface area contributed by atoms with Crippen molar-refractivity contribution < 1.29 is 19.7 Å². The maximum Gasteiger partial charge on any atom is 0.248 e. The Morgan fingerprint density at radius 1 is 1.39 bits per heavy atom. The van der Waals surface area contributed by atoms with Gasteiger partial charge in [0.1, 0.15) is 6.61 Å². The summed E-state index contributed by atoms with van der Waals surface area (Å²) in [4.78, 5) is 13.1. The molecule has 2 aliphatic carbocycles. The van der Waals surface area contributed by atoms with Crippen LogP contribution in [-0.4, -0.2) is 60.5 Å². The van der Waals surface area contributed by atoms with Crippen molar-refractivity contribution in [3.05, 3.63) is 23.8 Å². The van der Waals surface area contributed by atoms with Crippen LogP contribution in [-0.2, 0) is 9.53 Å². The van der Waals surface area contributed by atoms with Crippen LogP contribution in [0.15, 0.2) is 23.8 Å². The molecule has 6 atom stereocenters. The fourth-order valence-corrected chi connectivity index (χ4v) is 4.21. The molecule has 0 spiro atoms. The van der Waals surface area contributed by atoms with Crippen LogP contribution in [0.4, 0.5) is 0 Å². The van der Waals surface area contributed by atoms with E-state index in [1.54, 1.807) is 21.0 Å². The average molecular weight is 390 g/mol. The van der Waals surface area contributed by atoms with Gasteiger partial charge >= 0.3 is 0 Å². The monoisotopic (exact) mass is 389 g/mol. The fraction of sp³-hybridized carbons (Fsp3) is 0.696. The molecule has 2 aliphatic rings. The molecule has 0 unspecified atom stereocenters. The molecular formula is C23H35NO4. The quantitative estimate of drug-likeness (QED) is 0.380. The van der Waals surface area contributed by atoms with Gasteiger partial charge in [-0.2, -0.15) is 0 Å². The van der Waals surface area contributed by atoms with Gasteiger partial charge in [-0.25, -0.2) is 0 Å². The van der Waals surface area contributed by atoms with Crippen LogP contribution in [0.3, 0.4) is 0 Å². The van der Waals surface area contributed by atoms with E-state index in [-0.39, 0.29) is 30.5 Å². The van der Waals surface area contributed by atoms with Crippen LogP contribution < -0.4 is 0 Å². The Morgan fingerprint density at radius 2 is 2.14 bits per heavy atom. The van der Waals surface area contributed by atoms with Gasteiger partial charge in [-0.3, -0.25) is 4.79 Å². The number of fused-ring (bicyclic) bond motifs is 1. The Bertz CT molecular complexity index is 643. The first-order valence-corrected chi connectivity index (χ1v) is 10.2. The van der Waals surface area contributed by atoms with Crippen LogP contribution in [0, 0.1) is 35.5 Å². The molecule has 0 heterocycles. The number of amides is 1. The lowest BCUT2D eigenvalue weighted by molar-refractivity contribution is -0.133. The van der Waals surface area contributed by atoms with Crippen molar-refractivity contribution in [3.8, 4) is 11.8 Å². The first-order valence-electron chi connectivity index (χ1n) is 10.2. The predicted molar refractivity (Wildman–Crippen MR) is 110 cm³/mol. The lowest BCUT2D eigenvalue weighted by Crippen LogP contribution is -2.26. The van der Waals surface area contributed by atoms with Crippen molar-refractivity contribution >= 4 is 5.91 Å². The van der Waals surface area contributed by atoms with Crippen molar-refractivity contribution in [2.24, 2.45) is 23.7 Å². The molecule has 0 bridgehead atoms. The lowest BCUT2D eigenvalue weighted by atomic mass is 9.89. The topological polar surface area (TPSA) is 70.0 Å². The zero-order valence-electron chi connectivity index (χ0n) is 17.6. The highest BCUT2D eigenvalue weighted by atomic mass is 16.5. The van der Waals surface area contributed by atoms with Gasteiger partial charge in [0.05, 0.1) is 18.8 Å². The summed E-state index contributed by atoms with van der Waals surface area (Å²) in [6.45, 7) is 4.35. The minimum absolute atomic E-state index is 0.0345. The van der Waals surface area contributed by atoms with Gasteiger partial charge in [0, 0.05) is 26.4 Å². The van der Waals surface area contributed by atoms with Crippen molar-refractivity contribution in [2.45, 2.75) is 51.7 Å². The zero-order valence-corrected chi connectivity index (χ0v) is 17.6. The minimum atomic E-state index is -0.536. The van der Waals surface area contributed by atoms with Gasteiger partial charge < -0.3 is 19.8 Å². The number of aliphatic hydroxyl groups excluding tert-OH is 2. The van der Waals surface area contributed by atoms with Gasteiger partial charge in [0.15, 0.2) is 0 Å². The van der Waals surface area contributed by atoms with Crippen molar-refractivity contribution in [1.29, 1.82) is 0 Å². The number of hydrogen-bond donors (Lipinski definition) is 2. The van der Waals surface area contributed by atoms with Gasteiger partial charge in [-0.15, -0.1) is 11.8 Å². The average Bonchev–Trinajstić information content (AvgIpc) is 3.17. The Morgan fingerprint density at radius 3 is 2.82 bits per heavy atom. The van der Waals surface area contributed by atoms with E-state index < -0.39 is 6.10 Å². The number of likely N-dealkylation sites (N-methyl/N-ethyl adjacent to an activating group) is 1. The van der Waals surface area contributed by atoms with Crippen LogP contribution in [0.2, 0.25) is 0 Å². The molecule has 5 nitrogen and oxygen atoms in total. The Balaban J connectivity index is 1.86. The Labute approximate surface area is 169 Å². The summed E-state index contributed by atoms with van der Waals surface area (Å²) >= 11 is 0. The number of allylic oxidation sites excluding steroid dienone is 1. The number of carbonyl (C=O) groups excluding carboxylic acids is 1. The van der Waals surface area contributed by atoms with E-state index in [1.807, 2.05) is 19.1 Å². The fourth-order valence-electron chi connectivity index (χ4n) is 4.21. The summed E-state index contributed by atoms with van der Waals surface area (Å²) in [5.41, 5.74) is 1.35. The summed E-state index contributed by atoms with van der Waals surface area (Å²) in [6, 6.07) is 0. The van der Waals surface area contributed by atoms with E-state index in [9.17, 15) is 15.0 Å². The lowest BCUT2D eigenvalue weighted by Gasteiger charge is -2.19. The molecule has 5 heteroatoms. The standard InChI is InChI=1S/C23H35NO4/c1-5-6-7-16(2)21(25)9-8-19-20-13-17(12-18(20)14-22(19)26)10-11-28-15-23(27)24(3)4/h8-10,16,18-22,25-26H,7,11-15H2,1-4H3/t16-,18+,19-,20+,21-,22-/m1/s1. The van der Waals surface area contributed by atoms with Gasteiger partial charge in [0.2, 0.25) is 5.91 Å². The third-order valence-electron chi connectivity index (χ3n) is 6.04. The normalized spacial score (nSPS) is 30.1. The highest BCUT2D eigenvalue weighted by molar-refractivity contribution is 5.76. The second-order valence-electron chi connectivity index (χ2n) is 8.36. The Kier molecular flexibility index (Phi) is 8.75. The minimum Gasteiger partial charge on any atom is -0.392 e. The molecule has 1 amide bonds. The largest absolute Gasteiger partial charge is 0.392 e. The van der Waals surface area contributed by atoms with E-state index in [0.29, 0.717) is 24.9 Å². The van der Waals surface area contributed by atoms with E-state index in [0.717, 1.165) is 19.3 Å². The smallest absolute Gasteiger partial charge is 0.248 e. The molecule has 2 N–H and O–H groups in total. The maximum absolute atomic E-state index is 11.5. The highest BCUT2D eigenvalue weighted by Crippen LogP contribution is 2.50. The molecule has 2 rings (SSSR count). The van der Waals surface area contributed by atoms with E-state index >= 15 is 0 Å².